The molecule has 1 saturated carbocycles. The maximum atomic E-state index is 11.2. The second kappa shape index (κ2) is 9.95. The Morgan fingerprint density at radius 3 is 2.65 bits per heavy atom. The molecule has 1 saturated heterocycles. The van der Waals surface area contributed by atoms with Gasteiger partial charge in [0, 0.05) is 50.2 Å². The van der Waals surface area contributed by atoms with Crippen molar-refractivity contribution < 1.29 is 9.90 Å². The molecule has 3 N–H and O–H groups in total. The van der Waals surface area contributed by atoms with Gasteiger partial charge >= 0.3 is 0 Å². The van der Waals surface area contributed by atoms with Gasteiger partial charge in [-0.25, -0.2) is 14.6 Å². The van der Waals surface area contributed by atoms with Gasteiger partial charge in [-0.05, 0) is 55.6 Å². The average molecular weight is 501 g/mol. The standard InChI is InChI=1S/C27H32N8O2/c28-25(37)17-32-12-8-20(24(36)16-32)15-33-13-9-23-26(33)29-18-30-27(23)34(21-6-7-21)14-19-2-4-22(5-3-19)35-11-1-10-31-35/h1-5,9-11,13,18,20-21,24,36H,6-8,12,14-17H2,(H2,28,37)/t20?,24-/m0/s1. The molecule has 1 aliphatic heterocycles. The second-order valence-electron chi connectivity index (χ2n) is 10.2. The number of rotatable bonds is 9. The number of hydrogen-bond donors (Lipinski definition) is 2. The van der Waals surface area contributed by atoms with Gasteiger partial charge in [0.05, 0.1) is 23.7 Å². The highest BCUT2D eigenvalue weighted by atomic mass is 16.3. The first kappa shape index (κ1) is 23.6. The van der Waals surface area contributed by atoms with E-state index in [0.29, 0.717) is 19.1 Å². The van der Waals surface area contributed by atoms with Crippen LogP contribution in [0, 0.1) is 5.92 Å². The fraction of sp³-hybridized carbons (Fsp3) is 0.407. The summed E-state index contributed by atoms with van der Waals surface area (Å²) >= 11 is 0. The lowest BCUT2D eigenvalue weighted by molar-refractivity contribution is -0.120. The predicted octanol–water partition coefficient (Wildman–Crippen LogP) is 1.95. The van der Waals surface area contributed by atoms with Crippen molar-refractivity contribution in [3.63, 3.8) is 0 Å². The molecule has 3 aromatic heterocycles. The van der Waals surface area contributed by atoms with Gasteiger partial charge in [-0.1, -0.05) is 12.1 Å². The zero-order valence-corrected chi connectivity index (χ0v) is 20.7. The van der Waals surface area contributed by atoms with Crippen LogP contribution in [0.3, 0.4) is 0 Å². The third kappa shape index (κ3) is 5.07. The number of carbonyl (C=O) groups is 1. The monoisotopic (exact) mass is 500 g/mol. The smallest absolute Gasteiger partial charge is 0.231 e. The Morgan fingerprint density at radius 1 is 1.11 bits per heavy atom. The third-order valence-electron chi connectivity index (χ3n) is 7.47. The van der Waals surface area contributed by atoms with Crippen LogP contribution in [0.5, 0.6) is 0 Å². The summed E-state index contributed by atoms with van der Waals surface area (Å²) in [6.45, 7) is 2.85. The Hall–Kier alpha value is -3.76. The molecule has 192 valence electrons. The van der Waals surface area contributed by atoms with Crippen LogP contribution in [0.15, 0.2) is 61.3 Å². The number of primary amides is 1. The summed E-state index contributed by atoms with van der Waals surface area (Å²) in [4.78, 5) is 24.9. The van der Waals surface area contributed by atoms with E-state index in [1.807, 2.05) is 21.8 Å². The normalized spacial score (nSPS) is 20.4. The Balaban J connectivity index is 1.20. The molecular weight excluding hydrogens is 468 g/mol. The quantitative estimate of drug-likeness (QED) is 0.361. The Bertz CT molecular complexity index is 1360. The summed E-state index contributed by atoms with van der Waals surface area (Å²) in [6.07, 6.45) is 10.0. The summed E-state index contributed by atoms with van der Waals surface area (Å²) in [6, 6.07) is 13.0. The second-order valence-corrected chi connectivity index (χ2v) is 10.2. The summed E-state index contributed by atoms with van der Waals surface area (Å²) in [5, 5.41) is 16.1. The maximum Gasteiger partial charge on any atom is 0.231 e. The molecule has 10 heteroatoms. The average Bonchev–Trinajstić information content (AvgIpc) is 3.41. The minimum absolute atomic E-state index is 0.0889. The number of likely N-dealkylation sites (tertiary alicyclic amines) is 1. The number of aliphatic hydroxyl groups is 1. The van der Waals surface area contributed by atoms with Gasteiger partial charge in [0.15, 0.2) is 0 Å². The van der Waals surface area contributed by atoms with Gasteiger partial charge in [0.1, 0.15) is 17.8 Å². The molecule has 4 heterocycles. The van der Waals surface area contributed by atoms with E-state index in [4.69, 9.17) is 10.7 Å². The zero-order valence-electron chi connectivity index (χ0n) is 20.7. The lowest BCUT2D eigenvalue weighted by Crippen LogP contribution is -2.47. The number of carbonyl (C=O) groups excluding carboxylic acids is 1. The number of aromatic nitrogens is 5. The van der Waals surface area contributed by atoms with Gasteiger partial charge in [-0.3, -0.25) is 9.69 Å². The van der Waals surface area contributed by atoms with E-state index in [9.17, 15) is 9.90 Å². The first-order chi connectivity index (χ1) is 18.0. The summed E-state index contributed by atoms with van der Waals surface area (Å²) in [7, 11) is 0. The molecule has 37 heavy (non-hydrogen) atoms. The molecule has 10 nitrogen and oxygen atoms in total. The molecule has 0 bridgehead atoms. The zero-order chi connectivity index (χ0) is 25.4. The molecule has 1 amide bonds. The van der Waals surface area contributed by atoms with E-state index < -0.39 is 6.10 Å². The van der Waals surface area contributed by atoms with Gasteiger partial charge in [-0.2, -0.15) is 5.10 Å². The van der Waals surface area contributed by atoms with E-state index in [1.54, 1.807) is 12.5 Å². The van der Waals surface area contributed by atoms with Crippen molar-refractivity contribution in [3.8, 4) is 5.69 Å². The lowest BCUT2D eigenvalue weighted by atomic mass is 9.93. The van der Waals surface area contributed by atoms with E-state index in [2.05, 4.69) is 56.1 Å². The van der Waals surface area contributed by atoms with Gasteiger partial charge < -0.3 is 20.3 Å². The molecule has 1 unspecified atom stereocenters. The number of fused-ring (bicyclic) bond motifs is 1. The summed E-state index contributed by atoms with van der Waals surface area (Å²) in [5.74, 6) is 0.686. The fourth-order valence-corrected chi connectivity index (χ4v) is 5.38. The van der Waals surface area contributed by atoms with Crippen LogP contribution in [-0.2, 0) is 17.9 Å². The molecule has 6 rings (SSSR count). The van der Waals surface area contributed by atoms with E-state index in [0.717, 1.165) is 54.9 Å². The van der Waals surface area contributed by atoms with Crippen LogP contribution in [0.1, 0.15) is 24.8 Å². The number of β-amino-alcohol motifs (C(OH)–C–C–N with tert-alkyl or cyclic N) is 1. The summed E-state index contributed by atoms with van der Waals surface area (Å²) < 4.78 is 3.99. The third-order valence-corrected chi connectivity index (χ3v) is 7.47. The molecule has 2 aliphatic rings. The minimum atomic E-state index is -0.514. The van der Waals surface area contributed by atoms with Gasteiger partial charge in [0.25, 0.3) is 0 Å². The number of benzene rings is 1. The van der Waals surface area contributed by atoms with Crippen molar-refractivity contribution >= 4 is 22.8 Å². The topological polar surface area (TPSA) is 118 Å². The van der Waals surface area contributed by atoms with E-state index >= 15 is 0 Å². The van der Waals surface area contributed by atoms with Crippen molar-refractivity contribution in [1.29, 1.82) is 0 Å². The van der Waals surface area contributed by atoms with Crippen molar-refractivity contribution in [2.75, 3.05) is 24.5 Å². The predicted molar refractivity (Wildman–Crippen MR) is 140 cm³/mol. The van der Waals surface area contributed by atoms with Crippen LogP contribution < -0.4 is 10.6 Å². The van der Waals surface area contributed by atoms with Crippen molar-refractivity contribution in [1.82, 2.24) is 29.2 Å². The van der Waals surface area contributed by atoms with Crippen molar-refractivity contribution in [2.24, 2.45) is 11.7 Å². The van der Waals surface area contributed by atoms with Crippen LogP contribution >= 0.6 is 0 Å². The Morgan fingerprint density at radius 2 is 1.95 bits per heavy atom. The first-order valence-corrected chi connectivity index (χ1v) is 12.9. The highest BCUT2D eigenvalue weighted by Crippen LogP contribution is 2.36. The van der Waals surface area contributed by atoms with Crippen LogP contribution in [-0.4, -0.2) is 72.0 Å². The van der Waals surface area contributed by atoms with Crippen LogP contribution in [0.4, 0.5) is 5.82 Å². The van der Waals surface area contributed by atoms with Gasteiger partial charge in [-0.15, -0.1) is 0 Å². The number of nitrogens with zero attached hydrogens (tertiary/aromatic N) is 7. The van der Waals surface area contributed by atoms with Crippen molar-refractivity contribution in [2.45, 2.75) is 44.5 Å². The maximum absolute atomic E-state index is 11.2. The molecule has 1 aromatic carbocycles. The largest absolute Gasteiger partial charge is 0.391 e. The van der Waals surface area contributed by atoms with E-state index in [1.165, 1.54) is 5.56 Å². The number of anilines is 1. The number of amides is 1. The highest BCUT2D eigenvalue weighted by molar-refractivity contribution is 5.88. The highest BCUT2D eigenvalue weighted by Gasteiger charge is 2.32. The molecule has 0 radical (unpaired) electrons. The molecular formula is C27H32N8O2. The number of piperidine rings is 1. The van der Waals surface area contributed by atoms with Crippen LogP contribution in [0.25, 0.3) is 16.7 Å². The molecule has 2 fully saturated rings. The van der Waals surface area contributed by atoms with Crippen molar-refractivity contribution in [3.05, 3.63) is 66.9 Å². The first-order valence-electron chi connectivity index (χ1n) is 12.9. The molecule has 1 aliphatic carbocycles. The minimum Gasteiger partial charge on any atom is -0.391 e. The number of aliphatic hydroxyl groups excluding tert-OH is 1. The Labute approximate surface area is 215 Å². The molecule has 2 atom stereocenters. The van der Waals surface area contributed by atoms with Gasteiger partial charge in [0.2, 0.25) is 5.91 Å². The number of nitrogens with two attached hydrogens (primary N) is 1. The van der Waals surface area contributed by atoms with E-state index in [-0.39, 0.29) is 18.4 Å². The number of hydrogen-bond acceptors (Lipinski definition) is 7. The molecule has 0 spiro atoms. The van der Waals surface area contributed by atoms with Crippen LogP contribution in [0.2, 0.25) is 0 Å². The molecule has 4 aromatic rings. The fourth-order valence-electron chi connectivity index (χ4n) is 5.38. The lowest BCUT2D eigenvalue weighted by Gasteiger charge is -2.35. The Kier molecular flexibility index (Phi) is 6.35. The SMILES string of the molecule is NC(=O)CN1CCC(Cn2ccc3c(N(Cc4ccc(-n5cccn5)cc4)C4CC4)ncnc32)[C@@H](O)C1. The summed E-state index contributed by atoms with van der Waals surface area (Å²) in [5.41, 5.74) is 8.47.